The number of ether oxygens (including phenoxy) is 2. The normalized spacial score (nSPS) is 22.4. The molecule has 0 radical (unpaired) electrons. The maximum atomic E-state index is 12.8. The minimum Gasteiger partial charge on any atom is -0.457 e. The first-order chi connectivity index (χ1) is 31.0. The van der Waals surface area contributed by atoms with Crippen LogP contribution in [0.2, 0.25) is 0 Å². The molecule has 6 atom stereocenters. The number of hydrogen-bond donors (Lipinski definition) is 6. The van der Waals surface area contributed by atoms with Gasteiger partial charge >= 0.3 is 13.8 Å². The fourth-order valence-corrected chi connectivity index (χ4v) is 7.92. The van der Waals surface area contributed by atoms with E-state index in [9.17, 15) is 39.8 Å². The highest BCUT2D eigenvalue weighted by Crippen LogP contribution is 2.47. The van der Waals surface area contributed by atoms with E-state index in [4.69, 9.17) is 18.5 Å². The Balaban J connectivity index is 2.38. The molecule has 12 nitrogen and oxygen atoms in total. The fourth-order valence-electron chi connectivity index (χ4n) is 6.95. The van der Waals surface area contributed by atoms with Gasteiger partial charge in [-0.05, 0) is 83.5 Å². The molecule has 0 spiro atoms. The van der Waals surface area contributed by atoms with Crippen LogP contribution in [0.25, 0.3) is 0 Å². The van der Waals surface area contributed by atoms with Gasteiger partial charge in [-0.15, -0.1) is 0 Å². The molecule has 0 heterocycles. The molecule has 13 heteroatoms. The highest BCUT2D eigenvalue weighted by atomic mass is 31.2. The first-order valence-electron chi connectivity index (χ1n) is 24.4. The zero-order valence-electron chi connectivity index (χ0n) is 39.3. The number of rotatable bonds is 40. The molecule has 1 saturated carbocycles. The van der Waals surface area contributed by atoms with Crippen molar-refractivity contribution in [2.24, 2.45) is 0 Å². The predicted octanol–water partition coefficient (Wildman–Crippen LogP) is 10.5. The molecule has 0 aromatic carbocycles. The number of phosphoric acid groups is 1. The number of esters is 1. The maximum Gasteiger partial charge on any atom is 0.472 e. The molecular weight excluding hydrogens is 836 g/mol. The third-order valence-electron chi connectivity index (χ3n) is 10.8. The smallest absolute Gasteiger partial charge is 0.457 e. The minimum atomic E-state index is -5.03. The van der Waals surface area contributed by atoms with Crippen molar-refractivity contribution in [3.63, 3.8) is 0 Å². The van der Waals surface area contributed by atoms with Crippen molar-refractivity contribution in [2.75, 3.05) is 19.8 Å². The third-order valence-corrected chi connectivity index (χ3v) is 11.7. The van der Waals surface area contributed by atoms with Crippen LogP contribution in [0.4, 0.5) is 0 Å². The van der Waals surface area contributed by atoms with Crippen molar-refractivity contribution in [1.29, 1.82) is 0 Å². The molecule has 0 aliphatic heterocycles. The Kier molecular flexibility index (Phi) is 37.9. The molecule has 1 aliphatic rings. The SMILES string of the molecule is CC/C=C\C/C=C\C/C=C\C/C=C\CCCCCCCCCCC(=O)OC(COCCCCCCCC/C=C\C/C=C\C/C=C\CC)COP(=O)(O)OC1C(O)C(O)C(O)C(O)C1O. The number of aliphatic hydroxyl groups is 5. The lowest BCUT2D eigenvalue weighted by Gasteiger charge is -2.41. The molecular formula is C51H87O12P. The molecule has 0 aromatic rings. The molecule has 0 bridgehead atoms. The predicted molar refractivity (Wildman–Crippen MR) is 258 cm³/mol. The number of aliphatic hydroxyl groups excluding tert-OH is 5. The topological polar surface area (TPSA) is 192 Å². The Morgan fingerprint density at radius 3 is 1.33 bits per heavy atom. The summed E-state index contributed by atoms with van der Waals surface area (Å²) in [4.78, 5) is 23.2. The van der Waals surface area contributed by atoms with Gasteiger partial charge in [0.25, 0.3) is 0 Å². The number of hydrogen-bond acceptors (Lipinski definition) is 11. The number of unbranched alkanes of at least 4 members (excludes halogenated alkanes) is 14. The van der Waals surface area contributed by atoms with Gasteiger partial charge in [-0.3, -0.25) is 13.8 Å². The molecule has 1 fully saturated rings. The molecule has 6 unspecified atom stereocenters. The Morgan fingerprint density at radius 2 is 0.875 bits per heavy atom. The lowest BCUT2D eigenvalue weighted by atomic mass is 9.85. The van der Waals surface area contributed by atoms with Gasteiger partial charge in [-0.2, -0.15) is 0 Å². The first-order valence-corrected chi connectivity index (χ1v) is 25.9. The standard InChI is InChI=1S/C51H87O12P/c1-3-5-7-9-11-13-15-17-19-21-22-23-24-25-26-28-30-32-34-36-38-40-45(52)62-44(43-61-64(58,59)63-51-49(56)47(54)46(53)48(55)50(51)57)42-60-41-39-37-35-33-31-29-27-20-18-16-14-12-10-8-6-4-2/h5-8,11-14,17-20,22-23,44,46-51,53-57H,3-4,9-10,15-16,21,24-43H2,1-2H3,(H,58,59)/b7-5-,8-6-,13-11-,14-12-,19-17-,20-18-,23-22-. The molecule has 64 heavy (non-hydrogen) atoms. The average molecular weight is 923 g/mol. The van der Waals surface area contributed by atoms with Crippen LogP contribution in [-0.4, -0.2) is 98.9 Å². The van der Waals surface area contributed by atoms with Crippen LogP contribution in [0, 0.1) is 0 Å². The summed E-state index contributed by atoms with van der Waals surface area (Å²) in [6.45, 7) is 3.99. The van der Waals surface area contributed by atoms with Crippen molar-refractivity contribution < 1.29 is 58.3 Å². The molecule has 0 saturated heterocycles. The monoisotopic (exact) mass is 923 g/mol. The van der Waals surface area contributed by atoms with Crippen LogP contribution < -0.4 is 0 Å². The fraction of sp³-hybridized carbons (Fsp3) is 0.706. The van der Waals surface area contributed by atoms with E-state index in [1.54, 1.807) is 0 Å². The lowest BCUT2D eigenvalue weighted by Crippen LogP contribution is -2.64. The number of carbonyl (C=O) groups excluding carboxylic acids is 1. The number of carbonyl (C=O) groups is 1. The highest BCUT2D eigenvalue weighted by Gasteiger charge is 2.51. The zero-order valence-corrected chi connectivity index (χ0v) is 40.2. The summed E-state index contributed by atoms with van der Waals surface area (Å²) in [7, 11) is -5.03. The van der Waals surface area contributed by atoms with Crippen LogP contribution in [0.5, 0.6) is 0 Å². The first kappa shape index (κ1) is 59.5. The van der Waals surface area contributed by atoms with Crippen molar-refractivity contribution >= 4 is 13.8 Å². The largest absolute Gasteiger partial charge is 0.472 e. The third kappa shape index (κ3) is 32.2. The van der Waals surface area contributed by atoms with E-state index in [1.165, 1.54) is 19.3 Å². The second kappa shape index (κ2) is 40.8. The van der Waals surface area contributed by atoms with Crippen LogP contribution in [0.1, 0.15) is 168 Å². The van der Waals surface area contributed by atoms with Crippen molar-refractivity contribution in [3.05, 3.63) is 85.1 Å². The summed E-state index contributed by atoms with van der Waals surface area (Å²) >= 11 is 0. The van der Waals surface area contributed by atoms with Crippen LogP contribution >= 0.6 is 7.82 Å². The van der Waals surface area contributed by atoms with E-state index < -0.39 is 63.1 Å². The van der Waals surface area contributed by atoms with Crippen molar-refractivity contribution in [2.45, 2.75) is 211 Å². The van der Waals surface area contributed by atoms with E-state index in [0.717, 1.165) is 122 Å². The van der Waals surface area contributed by atoms with Gasteiger partial charge in [0.15, 0.2) is 0 Å². The zero-order chi connectivity index (χ0) is 46.9. The molecule has 1 aliphatic carbocycles. The summed E-state index contributed by atoms with van der Waals surface area (Å²) < 4.78 is 34.2. The minimum absolute atomic E-state index is 0.0940. The van der Waals surface area contributed by atoms with E-state index in [1.807, 2.05) is 0 Å². The average Bonchev–Trinajstić information content (AvgIpc) is 3.28. The van der Waals surface area contributed by atoms with E-state index in [0.29, 0.717) is 13.0 Å². The quantitative estimate of drug-likeness (QED) is 0.0148. The summed E-state index contributed by atoms with van der Waals surface area (Å²) in [5.41, 5.74) is 0. The van der Waals surface area contributed by atoms with Gasteiger partial charge in [0.2, 0.25) is 0 Å². The van der Waals surface area contributed by atoms with Gasteiger partial charge in [0, 0.05) is 13.0 Å². The molecule has 1 rings (SSSR count). The summed E-state index contributed by atoms with van der Waals surface area (Å²) in [5, 5.41) is 50.3. The second-order valence-corrected chi connectivity index (χ2v) is 18.0. The Bertz CT molecular complexity index is 1380. The maximum absolute atomic E-state index is 12.8. The van der Waals surface area contributed by atoms with Crippen LogP contribution in [0.15, 0.2) is 85.1 Å². The second-order valence-electron chi connectivity index (χ2n) is 16.5. The summed E-state index contributed by atoms with van der Waals surface area (Å²) in [6.07, 6.45) is 42.1. The van der Waals surface area contributed by atoms with Gasteiger partial charge in [0.05, 0.1) is 13.2 Å². The van der Waals surface area contributed by atoms with E-state index in [-0.39, 0.29) is 13.0 Å². The number of phosphoric ester groups is 1. The summed E-state index contributed by atoms with van der Waals surface area (Å²) in [6, 6.07) is 0. The van der Waals surface area contributed by atoms with Gasteiger partial charge in [-0.25, -0.2) is 4.57 Å². The van der Waals surface area contributed by atoms with Gasteiger partial charge in [-0.1, -0.05) is 163 Å². The van der Waals surface area contributed by atoms with E-state index >= 15 is 0 Å². The summed E-state index contributed by atoms with van der Waals surface area (Å²) in [5.74, 6) is -0.494. The van der Waals surface area contributed by atoms with Crippen molar-refractivity contribution in [1.82, 2.24) is 0 Å². The van der Waals surface area contributed by atoms with Crippen molar-refractivity contribution in [3.8, 4) is 0 Å². The van der Waals surface area contributed by atoms with Gasteiger partial charge < -0.3 is 39.9 Å². The van der Waals surface area contributed by atoms with Crippen LogP contribution in [0.3, 0.4) is 0 Å². The molecule has 368 valence electrons. The molecule has 6 N–H and O–H groups in total. The number of allylic oxidation sites excluding steroid dienone is 14. The Morgan fingerprint density at radius 1 is 0.500 bits per heavy atom. The molecule has 0 amide bonds. The van der Waals surface area contributed by atoms with Crippen LogP contribution in [-0.2, 0) is 27.9 Å². The van der Waals surface area contributed by atoms with Gasteiger partial charge in [0.1, 0.15) is 42.7 Å². The Labute approximate surface area is 386 Å². The molecule has 0 aromatic heterocycles. The lowest BCUT2D eigenvalue weighted by molar-refractivity contribution is -0.220. The van der Waals surface area contributed by atoms with E-state index in [2.05, 4.69) is 98.9 Å². The highest BCUT2D eigenvalue weighted by molar-refractivity contribution is 7.47. The Hall–Kier alpha value is -2.48.